The number of benzene rings is 1. The summed E-state index contributed by atoms with van der Waals surface area (Å²) in [6.07, 6.45) is 2.50. The Labute approximate surface area is 132 Å². The molecular weight excluding hydrogens is 315 g/mol. The zero-order valence-corrected chi connectivity index (χ0v) is 12.8. The molecule has 1 saturated carbocycles. The van der Waals surface area contributed by atoms with E-state index in [-0.39, 0.29) is 6.54 Å². The van der Waals surface area contributed by atoms with Gasteiger partial charge in [-0.05, 0) is 24.5 Å². The third-order valence-electron chi connectivity index (χ3n) is 3.69. The van der Waals surface area contributed by atoms with Gasteiger partial charge in [-0.2, -0.15) is 0 Å². The van der Waals surface area contributed by atoms with E-state index in [1.165, 1.54) is 0 Å². The van der Waals surface area contributed by atoms with Gasteiger partial charge in [-0.3, -0.25) is 0 Å². The second-order valence-electron chi connectivity index (χ2n) is 5.11. The molecule has 21 heavy (non-hydrogen) atoms. The number of amides is 2. The van der Waals surface area contributed by atoms with Crippen LogP contribution in [0, 0.1) is 0 Å². The van der Waals surface area contributed by atoms with Crippen molar-refractivity contribution >= 4 is 35.2 Å². The Morgan fingerprint density at radius 1 is 1.24 bits per heavy atom. The number of hydrogen-bond donors (Lipinski definition) is 3. The Morgan fingerprint density at radius 2 is 1.90 bits per heavy atom. The van der Waals surface area contributed by atoms with Crippen LogP contribution in [0.15, 0.2) is 18.2 Å². The highest BCUT2D eigenvalue weighted by atomic mass is 35.5. The first-order chi connectivity index (χ1) is 9.94. The van der Waals surface area contributed by atoms with Gasteiger partial charge in [0, 0.05) is 6.54 Å². The van der Waals surface area contributed by atoms with Gasteiger partial charge in [0.25, 0.3) is 0 Å². The lowest BCUT2D eigenvalue weighted by atomic mass is 9.98. The molecule has 1 aliphatic rings. The Balaban J connectivity index is 1.96. The number of carboxylic acids is 1. The van der Waals surface area contributed by atoms with Crippen molar-refractivity contribution in [2.45, 2.75) is 37.8 Å². The zero-order valence-electron chi connectivity index (χ0n) is 11.3. The normalized spacial score (nSPS) is 16.5. The van der Waals surface area contributed by atoms with Crippen LogP contribution >= 0.6 is 23.2 Å². The number of halogens is 2. The largest absolute Gasteiger partial charge is 0.480 e. The van der Waals surface area contributed by atoms with Crippen molar-refractivity contribution in [3.8, 4) is 0 Å². The molecule has 0 unspecified atom stereocenters. The summed E-state index contributed by atoms with van der Waals surface area (Å²) in [7, 11) is 0. The van der Waals surface area contributed by atoms with Crippen molar-refractivity contribution in [1.82, 2.24) is 10.6 Å². The van der Waals surface area contributed by atoms with E-state index in [0.29, 0.717) is 28.5 Å². The second-order valence-corrected chi connectivity index (χ2v) is 5.90. The molecule has 5 nitrogen and oxygen atoms in total. The molecule has 0 spiro atoms. The fourth-order valence-corrected chi connectivity index (χ4v) is 2.88. The van der Waals surface area contributed by atoms with Gasteiger partial charge in [0.2, 0.25) is 0 Å². The maximum absolute atomic E-state index is 11.9. The Morgan fingerprint density at radius 3 is 2.52 bits per heavy atom. The van der Waals surface area contributed by atoms with Crippen LogP contribution in [0.25, 0.3) is 0 Å². The van der Waals surface area contributed by atoms with Crippen molar-refractivity contribution in [2.24, 2.45) is 0 Å². The third-order valence-corrected chi connectivity index (χ3v) is 4.55. The summed E-state index contributed by atoms with van der Waals surface area (Å²) in [6.45, 7) is 0.181. The van der Waals surface area contributed by atoms with Gasteiger partial charge in [-0.1, -0.05) is 48.2 Å². The number of nitrogens with one attached hydrogen (secondary N) is 2. The lowest BCUT2D eigenvalue weighted by Crippen LogP contribution is -2.55. The lowest BCUT2D eigenvalue weighted by molar-refractivity contribution is -0.144. The fourth-order valence-electron chi connectivity index (χ4n) is 2.49. The minimum Gasteiger partial charge on any atom is -0.480 e. The molecule has 7 heteroatoms. The summed E-state index contributed by atoms with van der Waals surface area (Å²) in [5.74, 6) is -0.990. The number of hydrogen-bond acceptors (Lipinski definition) is 2. The average molecular weight is 331 g/mol. The first-order valence-electron chi connectivity index (χ1n) is 6.67. The predicted molar refractivity (Wildman–Crippen MR) is 80.7 cm³/mol. The molecule has 0 bridgehead atoms. The summed E-state index contributed by atoms with van der Waals surface area (Å²) in [5, 5.41) is 15.3. The van der Waals surface area contributed by atoms with Crippen molar-refractivity contribution in [1.29, 1.82) is 0 Å². The number of carbonyl (C=O) groups is 2. The first-order valence-corrected chi connectivity index (χ1v) is 7.42. The van der Waals surface area contributed by atoms with E-state index >= 15 is 0 Å². The van der Waals surface area contributed by atoms with E-state index in [1.807, 2.05) is 0 Å². The lowest BCUT2D eigenvalue weighted by Gasteiger charge is -2.25. The topological polar surface area (TPSA) is 78.4 Å². The molecule has 2 rings (SSSR count). The molecule has 0 atom stereocenters. The highest BCUT2D eigenvalue weighted by Crippen LogP contribution is 2.30. The van der Waals surface area contributed by atoms with Gasteiger partial charge in [0.1, 0.15) is 5.54 Å². The molecule has 1 fully saturated rings. The van der Waals surface area contributed by atoms with Gasteiger partial charge >= 0.3 is 12.0 Å². The zero-order chi connectivity index (χ0) is 15.5. The molecule has 0 heterocycles. The Hall–Kier alpha value is -1.46. The average Bonchev–Trinajstić information content (AvgIpc) is 2.90. The van der Waals surface area contributed by atoms with Crippen LogP contribution in [0.2, 0.25) is 10.0 Å². The van der Waals surface area contributed by atoms with E-state index in [9.17, 15) is 14.7 Å². The summed E-state index contributed by atoms with van der Waals surface area (Å²) in [4.78, 5) is 23.3. The molecule has 114 valence electrons. The van der Waals surface area contributed by atoms with Crippen molar-refractivity contribution in [2.75, 3.05) is 0 Å². The van der Waals surface area contributed by atoms with E-state index in [0.717, 1.165) is 12.8 Å². The number of carbonyl (C=O) groups excluding carboxylic acids is 1. The minimum atomic E-state index is -1.15. The van der Waals surface area contributed by atoms with Crippen molar-refractivity contribution < 1.29 is 14.7 Å². The van der Waals surface area contributed by atoms with Crippen LogP contribution in [-0.4, -0.2) is 22.6 Å². The second kappa shape index (κ2) is 6.54. The molecule has 2 amide bonds. The monoisotopic (exact) mass is 330 g/mol. The SMILES string of the molecule is O=C(NCc1cccc(Cl)c1Cl)NC1(C(=O)O)CCCC1. The highest BCUT2D eigenvalue weighted by Gasteiger charge is 2.42. The summed E-state index contributed by atoms with van der Waals surface area (Å²) in [6, 6.07) is 4.62. The molecule has 0 radical (unpaired) electrons. The van der Waals surface area contributed by atoms with Gasteiger partial charge < -0.3 is 15.7 Å². The number of rotatable bonds is 4. The van der Waals surface area contributed by atoms with Gasteiger partial charge in [0.05, 0.1) is 10.0 Å². The van der Waals surface area contributed by atoms with E-state index in [2.05, 4.69) is 10.6 Å². The van der Waals surface area contributed by atoms with Gasteiger partial charge in [-0.15, -0.1) is 0 Å². The number of aliphatic carboxylic acids is 1. The third kappa shape index (κ3) is 3.60. The Kier molecular flexibility index (Phi) is 4.96. The predicted octanol–water partition coefficient (Wildman–Crippen LogP) is 3.19. The summed E-state index contributed by atoms with van der Waals surface area (Å²) >= 11 is 11.9. The Bertz CT molecular complexity index is 557. The van der Waals surface area contributed by atoms with Crippen LogP contribution in [0.1, 0.15) is 31.2 Å². The smallest absolute Gasteiger partial charge is 0.329 e. The van der Waals surface area contributed by atoms with Crippen LogP contribution in [0.5, 0.6) is 0 Å². The van der Waals surface area contributed by atoms with Gasteiger partial charge in [-0.25, -0.2) is 9.59 Å². The number of urea groups is 1. The molecule has 0 saturated heterocycles. The summed E-state index contributed by atoms with van der Waals surface area (Å²) < 4.78 is 0. The van der Waals surface area contributed by atoms with Crippen LogP contribution in [0.3, 0.4) is 0 Å². The molecule has 0 aliphatic heterocycles. The summed E-state index contributed by atoms with van der Waals surface area (Å²) in [5.41, 5.74) is -0.475. The maximum atomic E-state index is 11.9. The maximum Gasteiger partial charge on any atom is 0.329 e. The van der Waals surface area contributed by atoms with Crippen molar-refractivity contribution in [3.05, 3.63) is 33.8 Å². The van der Waals surface area contributed by atoms with Crippen LogP contribution in [-0.2, 0) is 11.3 Å². The highest BCUT2D eigenvalue weighted by molar-refractivity contribution is 6.42. The van der Waals surface area contributed by atoms with Crippen LogP contribution in [0.4, 0.5) is 4.79 Å². The number of carboxylic acid groups (broad SMARTS) is 1. The van der Waals surface area contributed by atoms with Crippen LogP contribution < -0.4 is 10.6 Å². The quantitative estimate of drug-likeness (QED) is 0.793. The van der Waals surface area contributed by atoms with E-state index in [4.69, 9.17) is 23.2 Å². The van der Waals surface area contributed by atoms with E-state index < -0.39 is 17.5 Å². The first kappa shape index (κ1) is 15.9. The van der Waals surface area contributed by atoms with Crippen molar-refractivity contribution in [3.63, 3.8) is 0 Å². The molecular formula is C14H16Cl2N2O3. The standard InChI is InChI=1S/C14H16Cl2N2O3/c15-10-5-3-4-9(11(10)16)8-17-13(21)18-14(12(19)20)6-1-2-7-14/h3-5H,1-2,6-8H2,(H,19,20)(H2,17,18,21). The molecule has 3 N–H and O–H groups in total. The van der Waals surface area contributed by atoms with E-state index in [1.54, 1.807) is 18.2 Å². The van der Waals surface area contributed by atoms with Gasteiger partial charge in [0.15, 0.2) is 0 Å². The molecule has 1 aromatic rings. The molecule has 0 aromatic heterocycles. The minimum absolute atomic E-state index is 0.181. The fraction of sp³-hybridized carbons (Fsp3) is 0.429. The molecule has 1 aliphatic carbocycles. The molecule has 1 aromatic carbocycles.